The lowest BCUT2D eigenvalue weighted by Gasteiger charge is -2.48. The third kappa shape index (κ3) is 4.73. The van der Waals surface area contributed by atoms with Crippen LogP contribution >= 0.6 is 0 Å². The van der Waals surface area contributed by atoms with E-state index in [0.717, 1.165) is 61.2 Å². The van der Waals surface area contributed by atoms with Gasteiger partial charge in [-0.05, 0) is 74.8 Å². The van der Waals surface area contributed by atoms with Crippen molar-refractivity contribution < 1.29 is 13.2 Å². The van der Waals surface area contributed by atoms with Gasteiger partial charge >= 0.3 is 0 Å². The quantitative estimate of drug-likeness (QED) is 0.702. The summed E-state index contributed by atoms with van der Waals surface area (Å²) in [6.07, 6.45) is 5.55. The minimum Gasteiger partial charge on any atom is -0.487 e. The number of benzene rings is 2. The molecule has 2 aromatic rings. The number of aryl methyl sites for hydroxylation is 1. The van der Waals surface area contributed by atoms with Crippen LogP contribution in [0.1, 0.15) is 51.2 Å². The topological polar surface area (TPSA) is 46.6 Å². The molecule has 0 unspecified atom stereocenters. The molecule has 0 amide bonds. The van der Waals surface area contributed by atoms with Crippen molar-refractivity contribution in [3.8, 4) is 16.9 Å². The normalized spacial score (nSPS) is 19.3. The summed E-state index contributed by atoms with van der Waals surface area (Å²) in [6.45, 7) is 9.00. The zero-order valence-electron chi connectivity index (χ0n) is 18.6. The Morgan fingerprint density at radius 2 is 1.70 bits per heavy atom. The number of likely N-dealkylation sites (tertiary alicyclic amines) is 1. The van der Waals surface area contributed by atoms with Crippen molar-refractivity contribution in [1.29, 1.82) is 0 Å². The monoisotopic (exact) mass is 427 g/mol. The first kappa shape index (κ1) is 21.4. The lowest BCUT2D eigenvalue weighted by Crippen LogP contribution is -2.54. The smallest absolute Gasteiger partial charge is 0.151 e. The van der Waals surface area contributed by atoms with E-state index in [1.165, 1.54) is 11.8 Å². The molecular weight excluding hydrogens is 394 g/mol. The number of ether oxygens (including phenoxy) is 1. The van der Waals surface area contributed by atoms with Crippen molar-refractivity contribution in [2.75, 3.05) is 19.3 Å². The second-order valence-corrected chi connectivity index (χ2v) is 12.2. The molecule has 5 heteroatoms. The van der Waals surface area contributed by atoms with Gasteiger partial charge in [-0.1, -0.05) is 36.4 Å². The average molecular weight is 428 g/mol. The predicted octanol–water partition coefficient (Wildman–Crippen LogP) is 4.86. The van der Waals surface area contributed by atoms with Gasteiger partial charge in [0.05, 0.1) is 5.75 Å². The first-order valence-electron chi connectivity index (χ1n) is 10.9. The van der Waals surface area contributed by atoms with Crippen molar-refractivity contribution in [2.24, 2.45) is 0 Å². The molecule has 0 aliphatic carbocycles. The van der Waals surface area contributed by atoms with Crippen molar-refractivity contribution >= 4 is 9.84 Å². The van der Waals surface area contributed by atoms with Crippen LogP contribution < -0.4 is 4.74 Å². The van der Waals surface area contributed by atoms with Gasteiger partial charge in [-0.25, -0.2) is 8.42 Å². The van der Waals surface area contributed by atoms with Gasteiger partial charge in [0.2, 0.25) is 0 Å². The van der Waals surface area contributed by atoms with Crippen molar-refractivity contribution in [1.82, 2.24) is 4.90 Å². The molecule has 0 saturated carbocycles. The fraction of sp³-hybridized carbons (Fsp3) is 0.520. The number of hydrogen-bond donors (Lipinski definition) is 0. The maximum atomic E-state index is 11.7. The minimum atomic E-state index is -3.05. The van der Waals surface area contributed by atoms with Crippen LogP contribution in [-0.4, -0.2) is 43.8 Å². The number of rotatable bonds is 3. The zero-order valence-corrected chi connectivity index (χ0v) is 19.4. The van der Waals surface area contributed by atoms with Crippen molar-refractivity contribution in [2.45, 2.75) is 63.3 Å². The van der Waals surface area contributed by atoms with Gasteiger partial charge in [-0.3, -0.25) is 4.90 Å². The number of nitrogens with zero attached hydrogens (tertiary/aromatic N) is 1. The van der Waals surface area contributed by atoms with Gasteiger partial charge in [-0.15, -0.1) is 0 Å². The SMILES string of the molecule is CC(C)(C)N1CCC2(CCc3ccc(-c4cccc(CS(C)(=O)=O)c4)cc3O2)CC1. The molecule has 0 bridgehead atoms. The lowest BCUT2D eigenvalue weighted by molar-refractivity contribution is -0.0355. The van der Waals surface area contributed by atoms with Gasteiger partial charge in [0.1, 0.15) is 11.4 Å². The lowest BCUT2D eigenvalue weighted by atomic mass is 9.81. The van der Waals surface area contributed by atoms with E-state index < -0.39 is 9.84 Å². The Bertz CT molecular complexity index is 1030. The minimum absolute atomic E-state index is 0.0501. The molecule has 2 heterocycles. The number of hydrogen-bond acceptors (Lipinski definition) is 4. The largest absolute Gasteiger partial charge is 0.487 e. The molecule has 0 radical (unpaired) electrons. The van der Waals surface area contributed by atoms with Crippen molar-refractivity contribution in [3.05, 3.63) is 53.6 Å². The molecule has 4 nitrogen and oxygen atoms in total. The molecule has 0 N–H and O–H groups in total. The molecule has 2 aliphatic heterocycles. The standard InChI is InChI=1S/C25H33NO3S/c1-24(2,3)26-14-12-25(13-15-26)11-10-20-8-9-22(17-23(20)29-25)21-7-5-6-19(16-21)18-30(4,27)28/h5-9,16-17H,10-15,18H2,1-4H3. The van der Waals surface area contributed by atoms with Crippen LogP contribution in [0.5, 0.6) is 5.75 Å². The second kappa shape index (κ2) is 7.69. The summed E-state index contributed by atoms with van der Waals surface area (Å²) < 4.78 is 30.0. The summed E-state index contributed by atoms with van der Waals surface area (Å²) >= 11 is 0. The Hall–Kier alpha value is -1.85. The Kier molecular flexibility index (Phi) is 5.48. The molecule has 1 fully saturated rings. The van der Waals surface area contributed by atoms with E-state index >= 15 is 0 Å². The van der Waals surface area contributed by atoms with Gasteiger partial charge in [-0.2, -0.15) is 0 Å². The molecule has 1 spiro atoms. The van der Waals surface area contributed by atoms with E-state index in [1.54, 1.807) is 0 Å². The Morgan fingerprint density at radius 3 is 2.37 bits per heavy atom. The third-order valence-corrected chi connectivity index (χ3v) is 7.41. The van der Waals surface area contributed by atoms with Crippen LogP contribution in [0.15, 0.2) is 42.5 Å². The van der Waals surface area contributed by atoms with Crippen molar-refractivity contribution in [3.63, 3.8) is 0 Å². The van der Waals surface area contributed by atoms with Crippen LogP contribution in [0, 0.1) is 0 Å². The third-order valence-electron chi connectivity index (χ3n) is 6.56. The van der Waals surface area contributed by atoms with Gasteiger partial charge < -0.3 is 4.74 Å². The molecule has 2 aliphatic rings. The summed E-state index contributed by atoms with van der Waals surface area (Å²) in [6, 6.07) is 14.3. The summed E-state index contributed by atoms with van der Waals surface area (Å²) in [7, 11) is -3.05. The molecule has 4 rings (SSSR count). The van der Waals surface area contributed by atoms with Gasteiger partial charge in [0.25, 0.3) is 0 Å². The summed E-state index contributed by atoms with van der Waals surface area (Å²) in [5.74, 6) is 1.06. The highest BCUT2D eigenvalue weighted by Gasteiger charge is 2.41. The van der Waals surface area contributed by atoms with E-state index in [-0.39, 0.29) is 16.9 Å². The zero-order chi connectivity index (χ0) is 21.6. The number of sulfone groups is 1. The van der Waals surface area contributed by atoms with Crippen LogP contribution in [0.2, 0.25) is 0 Å². The number of piperidine rings is 1. The highest BCUT2D eigenvalue weighted by molar-refractivity contribution is 7.89. The van der Waals surface area contributed by atoms with E-state index in [2.05, 4.69) is 43.9 Å². The average Bonchev–Trinajstić information content (AvgIpc) is 2.66. The molecule has 1 saturated heterocycles. The summed E-state index contributed by atoms with van der Waals surface area (Å²) in [4.78, 5) is 2.56. The predicted molar refractivity (Wildman–Crippen MR) is 123 cm³/mol. The molecule has 2 aromatic carbocycles. The fourth-order valence-corrected chi connectivity index (χ4v) is 5.55. The first-order valence-corrected chi connectivity index (χ1v) is 12.9. The Labute approximate surface area is 181 Å². The first-order chi connectivity index (χ1) is 14.0. The Morgan fingerprint density at radius 1 is 1.00 bits per heavy atom. The molecular formula is C25H33NO3S. The molecule has 30 heavy (non-hydrogen) atoms. The highest BCUT2D eigenvalue weighted by atomic mass is 32.2. The van der Waals surface area contributed by atoms with E-state index in [1.807, 2.05) is 24.3 Å². The highest BCUT2D eigenvalue weighted by Crippen LogP contribution is 2.41. The summed E-state index contributed by atoms with van der Waals surface area (Å²) in [5, 5.41) is 0. The fourth-order valence-electron chi connectivity index (χ4n) is 4.76. The second-order valence-electron chi connectivity index (χ2n) is 10.0. The van der Waals surface area contributed by atoms with Crippen LogP contribution in [0.4, 0.5) is 0 Å². The molecule has 162 valence electrons. The van der Waals surface area contributed by atoms with Gasteiger partial charge in [0.15, 0.2) is 9.84 Å². The Balaban J connectivity index is 1.55. The molecule has 0 atom stereocenters. The van der Waals surface area contributed by atoms with E-state index in [0.29, 0.717) is 0 Å². The van der Waals surface area contributed by atoms with E-state index in [9.17, 15) is 8.42 Å². The van der Waals surface area contributed by atoms with Gasteiger partial charge in [0, 0.05) is 24.9 Å². The van der Waals surface area contributed by atoms with E-state index in [4.69, 9.17) is 4.74 Å². The van der Waals surface area contributed by atoms with Crippen LogP contribution in [0.25, 0.3) is 11.1 Å². The van der Waals surface area contributed by atoms with Crippen LogP contribution in [-0.2, 0) is 22.0 Å². The number of fused-ring (bicyclic) bond motifs is 1. The maximum Gasteiger partial charge on any atom is 0.151 e. The maximum absolute atomic E-state index is 11.7. The summed E-state index contributed by atoms with van der Waals surface area (Å²) in [5.41, 5.74) is 4.36. The van der Waals surface area contributed by atoms with Crippen LogP contribution in [0.3, 0.4) is 0 Å². The molecule has 0 aromatic heterocycles.